The molecule has 1 aliphatic heterocycles. The normalized spacial score (nSPS) is 14.3. The number of benzene rings is 2. The molecule has 1 saturated heterocycles. The number of phenols is 1. The van der Waals surface area contributed by atoms with Crippen molar-refractivity contribution in [1.29, 1.82) is 0 Å². The van der Waals surface area contributed by atoms with Crippen LogP contribution in [0.3, 0.4) is 0 Å². The van der Waals surface area contributed by atoms with Gasteiger partial charge in [-0.25, -0.2) is 0 Å². The molecule has 130 valence electrons. The van der Waals surface area contributed by atoms with Gasteiger partial charge in [-0.15, -0.1) is 0 Å². The van der Waals surface area contributed by atoms with Crippen LogP contribution in [0.5, 0.6) is 11.5 Å². The molecule has 0 saturated carbocycles. The average molecular weight is 373 g/mol. The van der Waals surface area contributed by atoms with Gasteiger partial charge in [0.15, 0.2) is 0 Å². The van der Waals surface area contributed by atoms with Gasteiger partial charge < -0.3 is 19.6 Å². The van der Waals surface area contributed by atoms with Gasteiger partial charge in [-0.2, -0.15) is 0 Å². The molecule has 4 nitrogen and oxygen atoms in total. The molecule has 0 atom stereocenters. The maximum absolute atomic E-state index is 9.40. The number of methoxy groups -OCH3 is 1. The number of hydrogen-bond donors (Lipinski definition) is 1. The summed E-state index contributed by atoms with van der Waals surface area (Å²) in [4.78, 5) is 6.08. The van der Waals surface area contributed by atoms with Gasteiger partial charge in [0.25, 0.3) is 0 Å². The van der Waals surface area contributed by atoms with E-state index in [9.17, 15) is 5.11 Å². The highest BCUT2D eigenvalue weighted by molar-refractivity contribution is 7.81. The molecule has 25 heavy (non-hydrogen) atoms. The quantitative estimate of drug-likeness (QED) is 0.835. The van der Waals surface area contributed by atoms with Crippen LogP contribution in [0.15, 0.2) is 48.5 Å². The van der Waals surface area contributed by atoms with Crippen LogP contribution in [-0.4, -0.2) is 58.2 Å². The monoisotopic (exact) mass is 372 g/mol. The summed E-state index contributed by atoms with van der Waals surface area (Å²) in [6, 6.07) is 14.9. The Balaban J connectivity index is 1.60. The van der Waals surface area contributed by atoms with E-state index in [1.165, 1.54) is 0 Å². The van der Waals surface area contributed by atoms with Crippen molar-refractivity contribution in [2.75, 3.05) is 33.3 Å². The zero-order chi connectivity index (χ0) is 17.8. The number of nitrogens with zero attached hydrogens (tertiary/aromatic N) is 2. The highest BCUT2D eigenvalue weighted by atomic mass is 32.1. The van der Waals surface area contributed by atoms with Crippen LogP contribution in [0, 0.1) is 0 Å². The molecule has 0 amide bonds. The van der Waals surface area contributed by atoms with Gasteiger partial charge in [-0.3, -0.25) is 0 Å². The third kappa shape index (κ3) is 4.08. The Morgan fingerprint density at radius 1 is 0.800 bits per heavy atom. The lowest BCUT2D eigenvalue weighted by Gasteiger charge is -2.37. The Morgan fingerprint density at radius 3 is 1.60 bits per heavy atom. The number of phenolic OH excluding ortho intramolecular Hbond substituents is 1. The van der Waals surface area contributed by atoms with Crippen molar-refractivity contribution in [2.24, 2.45) is 0 Å². The number of rotatable bonds is 3. The lowest BCUT2D eigenvalue weighted by molar-refractivity contribution is 0.265. The van der Waals surface area contributed by atoms with Gasteiger partial charge in [0.05, 0.1) is 7.11 Å². The SMILES string of the molecule is COc1ccc(C(=S)N2CCN(C(=S)c3ccc(O)cc3)CC2)cc1. The molecule has 3 rings (SSSR count). The first-order chi connectivity index (χ1) is 12.1. The topological polar surface area (TPSA) is 35.9 Å². The van der Waals surface area contributed by atoms with Gasteiger partial charge in [0.2, 0.25) is 0 Å². The molecule has 0 spiro atoms. The number of aromatic hydroxyl groups is 1. The smallest absolute Gasteiger partial charge is 0.118 e. The van der Waals surface area contributed by atoms with Crippen LogP contribution in [0.4, 0.5) is 0 Å². The van der Waals surface area contributed by atoms with Crippen LogP contribution in [0.1, 0.15) is 11.1 Å². The molecule has 2 aromatic carbocycles. The van der Waals surface area contributed by atoms with Crippen LogP contribution >= 0.6 is 24.4 Å². The molecule has 1 aliphatic rings. The summed E-state index contributed by atoms with van der Waals surface area (Å²) in [6.45, 7) is 3.33. The summed E-state index contributed by atoms with van der Waals surface area (Å²) in [5.41, 5.74) is 1.99. The van der Waals surface area contributed by atoms with E-state index in [4.69, 9.17) is 29.2 Å². The van der Waals surface area contributed by atoms with Gasteiger partial charge in [-0.05, 0) is 48.5 Å². The van der Waals surface area contributed by atoms with Crippen LogP contribution < -0.4 is 4.74 Å². The molecular formula is C19H20N2O2S2. The first-order valence-electron chi connectivity index (χ1n) is 8.10. The second-order valence-corrected chi connectivity index (χ2v) is 6.63. The number of piperazine rings is 1. The Bertz CT molecular complexity index is 752. The van der Waals surface area contributed by atoms with Crippen molar-refractivity contribution in [3.8, 4) is 11.5 Å². The van der Waals surface area contributed by atoms with Gasteiger partial charge >= 0.3 is 0 Å². The summed E-state index contributed by atoms with van der Waals surface area (Å²) in [5, 5.41) is 9.40. The fourth-order valence-electron chi connectivity index (χ4n) is 2.82. The van der Waals surface area contributed by atoms with Crippen LogP contribution in [0.25, 0.3) is 0 Å². The van der Waals surface area contributed by atoms with Crippen molar-refractivity contribution in [3.63, 3.8) is 0 Å². The van der Waals surface area contributed by atoms with E-state index in [1.54, 1.807) is 19.2 Å². The van der Waals surface area contributed by atoms with Crippen LogP contribution in [-0.2, 0) is 0 Å². The predicted molar refractivity (Wildman–Crippen MR) is 108 cm³/mol. The molecule has 0 aliphatic carbocycles. The van der Waals surface area contributed by atoms with E-state index in [0.29, 0.717) is 0 Å². The molecule has 0 aromatic heterocycles. The summed E-state index contributed by atoms with van der Waals surface area (Å²) in [6.07, 6.45) is 0. The van der Waals surface area contributed by atoms with Crippen molar-refractivity contribution in [2.45, 2.75) is 0 Å². The van der Waals surface area contributed by atoms with E-state index < -0.39 is 0 Å². The molecule has 2 aromatic rings. The van der Waals surface area contributed by atoms with Gasteiger partial charge in [0, 0.05) is 37.3 Å². The number of ether oxygens (including phenoxy) is 1. The first kappa shape index (κ1) is 17.6. The molecular weight excluding hydrogens is 352 g/mol. The lowest BCUT2D eigenvalue weighted by Crippen LogP contribution is -2.50. The van der Waals surface area contributed by atoms with E-state index in [0.717, 1.165) is 53.0 Å². The van der Waals surface area contributed by atoms with Crippen LogP contribution in [0.2, 0.25) is 0 Å². The fraction of sp³-hybridized carbons (Fsp3) is 0.263. The van der Waals surface area contributed by atoms with Gasteiger partial charge in [-0.1, -0.05) is 24.4 Å². The molecule has 1 N–H and O–H groups in total. The number of thiocarbonyl (C=S) groups is 2. The van der Waals surface area contributed by atoms with E-state index in [2.05, 4.69) is 9.80 Å². The summed E-state index contributed by atoms with van der Waals surface area (Å²) < 4.78 is 5.19. The maximum Gasteiger partial charge on any atom is 0.118 e. The minimum absolute atomic E-state index is 0.251. The highest BCUT2D eigenvalue weighted by Gasteiger charge is 2.22. The molecule has 0 radical (unpaired) electrons. The zero-order valence-corrected chi connectivity index (χ0v) is 15.6. The Hall–Kier alpha value is -2.18. The second kappa shape index (κ2) is 7.80. The summed E-state index contributed by atoms with van der Waals surface area (Å²) in [7, 11) is 1.66. The van der Waals surface area contributed by atoms with Crippen molar-refractivity contribution in [1.82, 2.24) is 9.80 Å². The Morgan fingerprint density at radius 2 is 1.20 bits per heavy atom. The minimum atomic E-state index is 0.251. The molecule has 6 heteroatoms. The largest absolute Gasteiger partial charge is 0.508 e. The number of hydrogen-bond acceptors (Lipinski definition) is 4. The third-order valence-corrected chi connectivity index (χ3v) is 5.29. The van der Waals surface area contributed by atoms with Crippen molar-refractivity contribution < 1.29 is 9.84 Å². The molecule has 0 bridgehead atoms. The maximum atomic E-state index is 9.40. The summed E-state index contributed by atoms with van der Waals surface area (Å²) in [5.74, 6) is 1.08. The van der Waals surface area contributed by atoms with E-state index in [1.807, 2.05) is 36.4 Å². The minimum Gasteiger partial charge on any atom is -0.508 e. The van der Waals surface area contributed by atoms with E-state index >= 15 is 0 Å². The lowest BCUT2D eigenvalue weighted by atomic mass is 10.1. The van der Waals surface area contributed by atoms with E-state index in [-0.39, 0.29) is 5.75 Å². The fourth-order valence-corrected chi connectivity index (χ4v) is 3.45. The van der Waals surface area contributed by atoms with Crippen molar-refractivity contribution in [3.05, 3.63) is 59.7 Å². The molecule has 1 heterocycles. The second-order valence-electron chi connectivity index (χ2n) is 5.86. The molecule has 1 fully saturated rings. The third-order valence-electron chi connectivity index (χ3n) is 4.31. The zero-order valence-electron chi connectivity index (χ0n) is 14.0. The highest BCUT2D eigenvalue weighted by Crippen LogP contribution is 2.17. The summed E-state index contributed by atoms with van der Waals surface area (Å²) >= 11 is 11.2. The standard InChI is InChI=1S/C19H20N2O2S2/c1-23-17-8-4-15(5-9-17)19(25)21-12-10-20(11-13-21)18(24)14-2-6-16(22)7-3-14/h2-9,22H,10-13H2,1H3. The Labute approximate surface area is 158 Å². The first-order valence-corrected chi connectivity index (χ1v) is 8.92. The van der Waals surface area contributed by atoms with Crippen molar-refractivity contribution >= 4 is 34.4 Å². The Kier molecular flexibility index (Phi) is 5.50. The van der Waals surface area contributed by atoms with Gasteiger partial charge in [0.1, 0.15) is 21.5 Å². The predicted octanol–water partition coefficient (Wildman–Crippen LogP) is 3.07. The average Bonchev–Trinajstić information content (AvgIpc) is 2.67. The molecule has 0 unspecified atom stereocenters.